The van der Waals surface area contributed by atoms with Gasteiger partial charge in [0, 0.05) is 11.0 Å². The zero-order chi connectivity index (χ0) is 19.4. The van der Waals surface area contributed by atoms with Gasteiger partial charge in [-0.25, -0.2) is 0 Å². The quantitative estimate of drug-likeness (QED) is 0.449. The van der Waals surface area contributed by atoms with E-state index in [-0.39, 0.29) is 5.78 Å². The SMILES string of the molecule is O=C(/C=C/C1(C2O[C@H](CO)[C@@H](O)[C@H](O)[C@H]2O)C=CC=CC1)c1ccccc1. The summed E-state index contributed by atoms with van der Waals surface area (Å²) in [5.74, 6) is -0.192. The Morgan fingerprint density at radius 1 is 1.11 bits per heavy atom. The molecule has 2 unspecified atom stereocenters. The van der Waals surface area contributed by atoms with Crippen molar-refractivity contribution in [1.29, 1.82) is 0 Å². The molecule has 1 fully saturated rings. The van der Waals surface area contributed by atoms with Gasteiger partial charge >= 0.3 is 0 Å². The van der Waals surface area contributed by atoms with Gasteiger partial charge in [0.15, 0.2) is 5.78 Å². The summed E-state index contributed by atoms with van der Waals surface area (Å²) in [4.78, 5) is 12.5. The summed E-state index contributed by atoms with van der Waals surface area (Å²) in [6.45, 7) is -0.496. The van der Waals surface area contributed by atoms with E-state index in [1.54, 1.807) is 42.5 Å². The number of hydrogen-bond acceptors (Lipinski definition) is 6. The van der Waals surface area contributed by atoms with E-state index in [1.165, 1.54) is 6.08 Å². The van der Waals surface area contributed by atoms with Gasteiger partial charge in [0.05, 0.1) is 12.7 Å². The van der Waals surface area contributed by atoms with Crippen LogP contribution < -0.4 is 0 Å². The molecule has 1 aliphatic carbocycles. The van der Waals surface area contributed by atoms with Gasteiger partial charge < -0.3 is 25.2 Å². The van der Waals surface area contributed by atoms with Crippen molar-refractivity contribution in [3.05, 3.63) is 72.4 Å². The fourth-order valence-electron chi connectivity index (χ4n) is 3.56. The molecule has 6 nitrogen and oxygen atoms in total. The molecule has 0 aromatic heterocycles. The number of rotatable bonds is 5. The van der Waals surface area contributed by atoms with Crippen molar-refractivity contribution < 1.29 is 30.0 Å². The van der Waals surface area contributed by atoms with E-state index in [0.717, 1.165) is 0 Å². The lowest BCUT2D eigenvalue weighted by molar-refractivity contribution is -0.245. The van der Waals surface area contributed by atoms with E-state index in [9.17, 15) is 25.2 Å². The van der Waals surface area contributed by atoms with Crippen LogP contribution in [0, 0.1) is 5.41 Å². The summed E-state index contributed by atoms with van der Waals surface area (Å²) in [6, 6.07) is 8.80. The van der Waals surface area contributed by atoms with Crippen LogP contribution in [0.1, 0.15) is 16.8 Å². The largest absolute Gasteiger partial charge is 0.394 e. The summed E-state index contributed by atoms with van der Waals surface area (Å²) >= 11 is 0. The van der Waals surface area contributed by atoms with Crippen molar-refractivity contribution in [2.24, 2.45) is 5.41 Å². The Balaban J connectivity index is 1.91. The number of carbonyl (C=O) groups is 1. The fraction of sp³-hybridized carbons (Fsp3) is 0.381. The Labute approximate surface area is 157 Å². The molecular weight excluding hydrogens is 348 g/mol. The smallest absolute Gasteiger partial charge is 0.185 e. The van der Waals surface area contributed by atoms with Crippen LogP contribution in [0.4, 0.5) is 0 Å². The molecule has 0 saturated carbocycles. The van der Waals surface area contributed by atoms with Crippen LogP contribution >= 0.6 is 0 Å². The lowest BCUT2D eigenvalue weighted by atomic mass is 9.71. The highest BCUT2D eigenvalue weighted by atomic mass is 16.5. The van der Waals surface area contributed by atoms with Crippen LogP contribution in [0.25, 0.3) is 0 Å². The first-order valence-corrected chi connectivity index (χ1v) is 8.92. The molecular formula is C21H24O6. The number of benzene rings is 1. The van der Waals surface area contributed by atoms with E-state index >= 15 is 0 Å². The second kappa shape index (κ2) is 8.29. The standard InChI is InChI=1S/C21H24O6/c22-13-16-17(24)18(25)19(26)20(27-16)21(10-5-2-6-11-21)12-9-15(23)14-7-3-1-4-8-14/h1-10,12,16-20,22,24-26H,11,13H2/b12-9+/t16-,17-,18+,19-,20?,21?/m1/s1. The highest BCUT2D eigenvalue weighted by molar-refractivity contribution is 6.04. The maximum atomic E-state index is 12.5. The minimum Gasteiger partial charge on any atom is -0.394 e. The van der Waals surface area contributed by atoms with Crippen LogP contribution in [0.2, 0.25) is 0 Å². The third-order valence-corrected chi connectivity index (χ3v) is 5.15. The minimum atomic E-state index is -1.46. The van der Waals surface area contributed by atoms with Crippen LogP contribution in [-0.4, -0.2) is 63.3 Å². The highest BCUT2D eigenvalue weighted by Crippen LogP contribution is 2.41. The predicted octanol–water partition coefficient (Wildman–Crippen LogP) is 0.770. The number of ether oxygens (including phenoxy) is 1. The van der Waals surface area contributed by atoms with Crippen LogP contribution in [0.15, 0.2) is 66.8 Å². The molecule has 1 aliphatic heterocycles. The third kappa shape index (κ3) is 3.95. The topological polar surface area (TPSA) is 107 Å². The zero-order valence-electron chi connectivity index (χ0n) is 14.8. The number of ketones is 1. The first kappa shape index (κ1) is 19.7. The first-order chi connectivity index (χ1) is 13.0. The Morgan fingerprint density at radius 3 is 2.48 bits per heavy atom. The van der Waals surface area contributed by atoms with Gasteiger partial charge in [0.25, 0.3) is 0 Å². The molecule has 3 rings (SSSR count). The van der Waals surface area contributed by atoms with Crippen molar-refractivity contribution in [2.75, 3.05) is 6.61 Å². The summed E-state index contributed by atoms with van der Waals surface area (Å²) < 4.78 is 5.75. The summed E-state index contributed by atoms with van der Waals surface area (Å²) in [6.07, 6.45) is 4.63. The molecule has 0 bridgehead atoms. The molecule has 1 saturated heterocycles. The molecule has 1 heterocycles. The number of aliphatic hydroxyl groups excluding tert-OH is 4. The van der Waals surface area contributed by atoms with Crippen molar-refractivity contribution >= 4 is 5.78 Å². The van der Waals surface area contributed by atoms with Crippen molar-refractivity contribution in [2.45, 2.75) is 36.9 Å². The minimum absolute atomic E-state index is 0.192. The normalized spacial score (nSPS) is 36.2. The van der Waals surface area contributed by atoms with Gasteiger partial charge in [-0.2, -0.15) is 0 Å². The number of carbonyl (C=O) groups excluding carboxylic acids is 1. The van der Waals surface area contributed by atoms with Crippen molar-refractivity contribution in [3.63, 3.8) is 0 Å². The number of allylic oxidation sites excluding steroid dienone is 4. The summed E-state index contributed by atoms with van der Waals surface area (Å²) in [7, 11) is 0. The van der Waals surface area contributed by atoms with E-state index in [2.05, 4.69) is 0 Å². The van der Waals surface area contributed by atoms with Gasteiger partial charge in [-0.1, -0.05) is 60.7 Å². The third-order valence-electron chi connectivity index (χ3n) is 5.15. The fourth-order valence-corrected chi connectivity index (χ4v) is 3.56. The molecule has 6 atom stereocenters. The van der Waals surface area contributed by atoms with Crippen LogP contribution in [-0.2, 0) is 4.74 Å². The zero-order valence-corrected chi connectivity index (χ0v) is 14.8. The van der Waals surface area contributed by atoms with E-state index in [0.29, 0.717) is 12.0 Å². The van der Waals surface area contributed by atoms with Gasteiger partial charge in [-0.15, -0.1) is 0 Å². The first-order valence-electron chi connectivity index (χ1n) is 8.92. The molecule has 2 aliphatic rings. The average molecular weight is 372 g/mol. The molecule has 6 heteroatoms. The maximum absolute atomic E-state index is 12.5. The molecule has 0 amide bonds. The van der Waals surface area contributed by atoms with Crippen LogP contribution in [0.5, 0.6) is 0 Å². The second-order valence-electron chi connectivity index (χ2n) is 6.92. The molecule has 0 spiro atoms. The van der Waals surface area contributed by atoms with E-state index in [4.69, 9.17) is 4.74 Å². The molecule has 27 heavy (non-hydrogen) atoms. The summed E-state index contributed by atoms with van der Waals surface area (Å²) in [5, 5.41) is 40.1. The Hall–Kier alpha value is -2.09. The molecule has 144 valence electrons. The number of aliphatic hydroxyl groups is 4. The van der Waals surface area contributed by atoms with Gasteiger partial charge in [0.2, 0.25) is 0 Å². The summed E-state index contributed by atoms with van der Waals surface area (Å²) in [5.41, 5.74) is -0.360. The molecule has 4 N–H and O–H groups in total. The monoisotopic (exact) mass is 372 g/mol. The molecule has 0 radical (unpaired) electrons. The lowest BCUT2D eigenvalue weighted by Crippen LogP contribution is -2.62. The molecule has 1 aromatic carbocycles. The Morgan fingerprint density at radius 2 is 1.85 bits per heavy atom. The van der Waals surface area contributed by atoms with Crippen molar-refractivity contribution in [3.8, 4) is 0 Å². The Kier molecular flexibility index (Phi) is 6.04. The number of hydrogen-bond donors (Lipinski definition) is 4. The Bertz CT molecular complexity index is 738. The molecule has 1 aromatic rings. The van der Waals surface area contributed by atoms with E-state index < -0.39 is 42.5 Å². The van der Waals surface area contributed by atoms with Crippen LogP contribution in [0.3, 0.4) is 0 Å². The maximum Gasteiger partial charge on any atom is 0.185 e. The van der Waals surface area contributed by atoms with Crippen molar-refractivity contribution in [1.82, 2.24) is 0 Å². The van der Waals surface area contributed by atoms with E-state index in [1.807, 2.05) is 18.2 Å². The predicted molar refractivity (Wildman–Crippen MR) is 99.0 cm³/mol. The highest BCUT2D eigenvalue weighted by Gasteiger charge is 2.50. The van der Waals surface area contributed by atoms with Gasteiger partial charge in [0.1, 0.15) is 24.4 Å². The second-order valence-corrected chi connectivity index (χ2v) is 6.92. The average Bonchev–Trinajstić information content (AvgIpc) is 2.72. The van der Waals surface area contributed by atoms with Gasteiger partial charge in [-0.3, -0.25) is 4.79 Å². The lowest BCUT2D eigenvalue weighted by Gasteiger charge is -2.47. The van der Waals surface area contributed by atoms with Gasteiger partial charge in [-0.05, 0) is 12.5 Å².